The number of carbonyl (C=O) groups excluding carboxylic acids is 1. The van der Waals surface area contributed by atoms with E-state index in [9.17, 15) is 9.59 Å². The van der Waals surface area contributed by atoms with Gasteiger partial charge >= 0.3 is 5.97 Å². The third-order valence-electron chi connectivity index (χ3n) is 3.46. The molecule has 0 spiro atoms. The number of rotatable bonds is 1. The van der Waals surface area contributed by atoms with Gasteiger partial charge < -0.3 is 10.0 Å². The van der Waals surface area contributed by atoms with Gasteiger partial charge in [-0.15, -0.1) is 0 Å². The van der Waals surface area contributed by atoms with Crippen molar-refractivity contribution < 1.29 is 14.7 Å². The summed E-state index contributed by atoms with van der Waals surface area (Å²) in [7, 11) is 0. The topological polar surface area (TPSA) is 57.6 Å². The molecule has 0 radical (unpaired) electrons. The van der Waals surface area contributed by atoms with Crippen LogP contribution in [0.5, 0.6) is 0 Å². The van der Waals surface area contributed by atoms with Crippen LogP contribution in [0.2, 0.25) is 0 Å². The molecule has 1 aliphatic carbocycles. The van der Waals surface area contributed by atoms with Gasteiger partial charge in [-0.1, -0.05) is 18.2 Å². The predicted octanol–water partition coefficient (Wildman–Crippen LogP) is 1.22. The van der Waals surface area contributed by atoms with Gasteiger partial charge in [0.05, 0.1) is 12.0 Å². The Kier molecular flexibility index (Phi) is 1.67. The fraction of sp³-hybridized carbons (Fsp3) is 0.333. The van der Waals surface area contributed by atoms with Gasteiger partial charge in [0, 0.05) is 18.5 Å². The van der Waals surface area contributed by atoms with Crippen LogP contribution in [0.1, 0.15) is 18.4 Å². The summed E-state index contributed by atoms with van der Waals surface area (Å²) in [6.07, 6.45) is 0. The summed E-state index contributed by atoms with van der Waals surface area (Å²) in [5, 5.41) is 9.05. The minimum atomic E-state index is -0.809. The first-order chi connectivity index (χ1) is 7.63. The first kappa shape index (κ1) is 9.39. The lowest BCUT2D eigenvalue weighted by molar-refractivity contribution is -0.138. The minimum Gasteiger partial charge on any atom is -0.481 e. The van der Waals surface area contributed by atoms with Crippen molar-refractivity contribution in [1.29, 1.82) is 0 Å². The Labute approximate surface area is 92.5 Å². The maximum Gasteiger partial charge on any atom is 0.309 e. The highest BCUT2D eigenvalue weighted by Gasteiger charge is 2.64. The second kappa shape index (κ2) is 2.84. The van der Waals surface area contributed by atoms with Gasteiger partial charge in [0.15, 0.2) is 0 Å². The number of carboxylic acids is 1. The lowest BCUT2D eigenvalue weighted by atomic mass is 10.1. The third-order valence-corrected chi connectivity index (χ3v) is 3.46. The molecule has 16 heavy (non-hydrogen) atoms. The summed E-state index contributed by atoms with van der Waals surface area (Å²) in [4.78, 5) is 24.2. The fourth-order valence-corrected chi connectivity index (χ4v) is 2.82. The van der Waals surface area contributed by atoms with E-state index in [1.54, 1.807) is 4.90 Å². The number of benzene rings is 1. The summed E-state index contributed by atoms with van der Waals surface area (Å²) < 4.78 is 0. The van der Waals surface area contributed by atoms with E-state index in [-0.39, 0.29) is 17.9 Å². The van der Waals surface area contributed by atoms with Crippen molar-refractivity contribution in [2.75, 3.05) is 4.90 Å². The van der Waals surface area contributed by atoms with E-state index in [2.05, 4.69) is 0 Å². The van der Waals surface area contributed by atoms with Crippen molar-refractivity contribution in [1.82, 2.24) is 0 Å². The second-order valence-electron chi connectivity index (χ2n) is 4.33. The van der Waals surface area contributed by atoms with E-state index in [1.165, 1.54) is 6.92 Å². The molecular formula is C12H11NO3. The average molecular weight is 217 g/mol. The molecule has 82 valence electrons. The van der Waals surface area contributed by atoms with E-state index in [0.717, 1.165) is 11.3 Å². The Morgan fingerprint density at radius 1 is 1.31 bits per heavy atom. The van der Waals surface area contributed by atoms with Gasteiger partial charge in [-0.2, -0.15) is 0 Å². The average Bonchev–Trinajstić information content (AvgIpc) is 2.86. The van der Waals surface area contributed by atoms with Crippen LogP contribution in [-0.4, -0.2) is 23.0 Å². The number of hydrogen-bond donors (Lipinski definition) is 1. The van der Waals surface area contributed by atoms with E-state index >= 15 is 0 Å². The molecule has 2 aliphatic rings. The van der Waals surface area contributed by atoms with Gasteiger partial charge in [0.1, 0.15) is 0 Å². The summed E-state index contributed by atoms with van der Waals surface area (Å²) in [6.45, 7) is 1.48. The van der Waals surface area contributed by atoms with Crippen molar-refractivity contribution >= 4 is 17.6 Å². The number of carbonyl (C=O) groups is 2. The molecule has 1 aliphatic heterocycles. The molecule has 4 heteroatoms. The molecule has 1 saturated carbocycles. The van der Waals surface area contributed by atoms with Crippen LogP contribution in [-0.2, 0) is 9.59 Å². The van der Waals surface area contributed by atoms with Crippen molar-refractivity contribution in [2.45, 2.75) is 18.9 Å². The smallest absolute Gasteiger partial charge is 0.309 e. The molecule has 1 N–H and O–H groups in total. The highest BCUT2D eigenvalue weighted by Crippen LogP contribution is 2.60. The first-order valence-corrected chi connectivity index (χ1v) is 5.24. The van der Waals surface area contributed by atoms with Crippen molar-refractivity contribution in [3.63, 3.8) is 0 Å². The van der Waals surface area contributed by atoms with Crippen LogP contribution < -0.4 is 4.90 Å². The van der Waals surface area contributed by atoms with Crippen LogP contribution in [0, 0.1) is 5.92 Å². The number of nitrogens with zero attached hydrogens (tertiary/aromatic N) is 1. The molecule has 3 atom stereocenters. The number of para-hydroxylation sites is 1. The maximum atomic E-state index is 11.5. The fourth-order valence-electron chi connectivity index (χ4n) is 2.82. The number of fused-ring (bicyclic) bond motifs is 3. The van der Waals surface area contributed by atoms with Gasteiger partial charge in [0.25, 0.3) is 0 Å². The zero-order valence-corrected chi connectivity index (χ0v) is 8.75. The summed E-state index contributed by atoms with van der Waals surface area (Å²) in [6, 6.07) is 7.39. The number of anilines is 1. The SMILES string of the molecule is CC(=O)N1c2ccccc2C2C(C(=O)O)C21. The van der Waals surface area contributed by atoms with Crippen LogP contribution in [0.25, 0.3) is 0 Å². The van der Waals surface area contributed by atoms with Crippen molar-refractivity contribution in [3.8, 4) is 0 Å². The largest absolute Gasteiger partial charge is 0.481 e. The predicted molar refractivity (Wildman–Crippen MR) is 57.3 cm³/mol. The molecule has 1 aromatic carbocycles. The van der Waals surface area contributed by atoms with Gasteiger partial charge in [0.2, 0.25) is 5.91 Å². The Morgan fingerprint density at radius 3 is 2.62 bits per heavy atom. The van der Waals surface area contributed by atoms with Crippen LogP contribution >= 0.6 is 0 Å². The third kappa shape index (κ3) is 0.988. The van der Waals surface area contributed by atoms with Crippen molar-refractivity contribution in [3.05, 3.63) is 29.8 Å². The molecule has 4 nitrogen and oxygen atoms in total. The van der Waals surface area contributed by atoms with Crippen LogP contribution in [0.15, 0.2) is 24.3 Å². The lowest BCUT2D eigenvalue weighted by Gasteiger charge is -2.19. The number of hydrogen-bond acceptors (Lipinski definition) is 2. The zero-order valence-electron chi connectivity index (χ0n) is 8.75. The molecule has 1 aromatic rings. The van der Waals surface area contributed by atoms with Crippen molar-refractivity contribution in [2.24, 2.45) is 5.92 Å². The van der Waals surface area contributed by atoms with Gasteiger partial charge in [-0.05, 0) is 11.6 Å². The number of carboxylic acid groups (broad SMARTS) is 1. The molecule has 1 fully saturated rings. The first-order valence-electron chi connectivity index (χ1n) is 5.24. The van der Waals surface area contributed by atoms with Crippen LogP contribution in [0.4, 0.5) is 5.69 Å². The molecule has 0 saturated heterocycles. The quantitative estimate of drug-likeness (QED) is 0.769. The summed E-state index contributed by atoms with van der Waals surface area (Å²) in [5.74, 6) is -1.31. The summed E-state index contributed by atoms with van der Waals surface area (Å²) >= 11 is 0. The lowest BCUT2D eigenvalue weighted by Crippen LogP contribution is -2.31. The van der Waals surface area contributed by atoms with Crippen LogP contribution in [0.3, 0.4) is 0 Å². The zero-order chi connectivity index (χ0) is 11.4. The Morgan fingerprint density at radius 2 is 2.00 bits per heavy atom. The molecule has 3 unspecified atom stereocenters. The Balaban J connectivity index is 2.08. The molecule has 1 heterocycles. The molecule has 0 bridgehead atoms. The highest BCUT2D eigenvalue weighted by atomic mass is 16.4. The monoisotopic (exact) mass is 217 g/mol. The van der Waals surface area contributed by atoms with E-state index < -0.39 is 11.9 Å². The highest BCUT2D eigenvalue weighted by molar-refractivity contribution is 5.99. The molecular weight excluding hydrogens is 206 g/mol. The Bertz CT molecular complexity index is 497. The second-order valence-corrected chi connectivity index (χ2v) is 4.33. The van der Waals surface area contributed by atoms with E-state index in [1.807, 2.05) is 24.3 Å². The number of amides is 1. The van der Waals surface area contributed by atoms with E-state index in [4.69, 9.17) is 5.11 Å². The molecule has 3 rings (SSSR count). The maximum absolute atomic E-state index is 11.5. The van der Waals surface area contributed by atoms with E-state index in [0.29, 0.717) is 0 Å². The minimum absolute atomic E-state index is 0.00222. The Hall–Kier alpha value is -1.84. The van der Waals surface area contributed by atoms with Gasteiger partial charge in [-0.3, -0.25) is 9.59 Å². The standard InChI is InChI=1S/C12H11NO3/c1-6(14)13-8-5-3-2-4-7(8)9-10(11(9)13)12(15)16/h2-5,9-11H,1H3,(H,15,16). The molecule has 0 aromatic heterocycles. The normalized spacial score (nSPS) is 29.6. The van der Waals surface area contributed by atoms with Gasteiger partial charge in [-0.25, -0.2) is 0 Å². The number of aliphatic carboxylic acids is 1. The molecule has 1 amide bonds. The summed E-state index contributed by atoms with van der Waals surface area (Å²) in [5.41, 5.74) is 1.87.